The smallest absolute Gasteiger partial charge is 0.256 e. The number of anilines is 1. The van der Waals surface area contributed by atoms with E-state index >= 15 is 0 Å². The summed E-state index contributed by atoms with van der Waals surface area (Å²) in [5, 5.41) is 3.95. The second kappa shape index (κ2) is 8.91. The molecule has 0 atom stereocenters. The van der Waals surface area contributed by atoms with Crippen molar-refractivity contribution in [3.8, 4) is 22.9 Å². The van der Waals surface area contributed by atoms with Crippen LogP contribution in [0.5, 0.6) is 11.5 Å². The number of pyridine rings is 2. The van der Waals surface area contributed by atoms with Crippen LogP contribution in [0.1, 0.15) is 10.4 Å². The van der Waals surface area contributed by atoms with E-state index in [1.54, 1.807) is 24.4 Å². The number of nitrogens with one attached hydrogen (secondary N) is 1. The fourth-order valence-corrected chi connectivity index (χ4v) is 3.78. The van der Waals surface area contributed by atoms with Gasteiger partial charge in [0.25, 0.3) is 5.91 Å². The minimum Gasteiger partial charge on any atom is -0.495 e. The summed E-state index contributed by atoms with van der Waals surface area (Å²) in [4.78, 5) is 22.4. The highest BCUT2D eigenvalue weighted by atomic mass is 79.9. The molecular weight excluding hydrogens is 482 g/mol. The van der Waals surface area contributed by atoms with Crippen molar-refractivity contribution < 1.29 is 14.3 Å². The first kappa shape index (κ1) is 21.1. The van der Waals surface area contributed by atoms with Crippen molar-refractivity contribution in [3.63, 3.8) is 0 Å². The standard InChI is InChI=1S/C23H17BrClN3O3/c1-30-21-12-22(31-2)20(11-16(21)25)28-23(29)15-10-19(18-5-3-4-8-26-18)27-17-7-6-13(24)9-14(15)17/h3-12H,1-2H3,(H,28,29). The summed E-state index contributed by atoms with van der Waals surface area (Å²) in [6.45, 7) is 0. The maximum Gasteiger partial charge on any atom is 0.256 e. The Balaban J connectivity index is 1.82. The number of carbonyl (C=O) groups excluding carboxylic acids is 1. The van der Waals surface area contributed by atoms with Crippen molar-refractivity contribution in [2.75, 3.05) is 19.5 Å². The van der Waals surface area contributed by atoms with Crippen LogP contribution < -0.4 is 14.8 Å². The van der Waals surface area contributed by atoms with Crippen molar-refractivity contribution in [3.05, 3.63) is 75.9 Å². The van der Waals surface area contributed by atoms with E-state index in [1.807, 2.05) is 36.4 Å². The number of amides is 1. The van der Waals surface area contributed by atoms with Gasteiger partial charge in [-0.05, 0) is 42.5 Å². The number of methoxy groups -OCH3 is 2. The summed E-state index contributed by atoms with van der Waals surface area (Å²) in [5.41, 5.74) is 2.82. The minimum atomic E-state index is -0.331. The number of ether oxygens (including phenoxy) is 2. The van der Waals surface area contributed by atoms with Gasteiger partial charge >= 0.3 is 0 Å². The van der Waals surface area contributed by atoms with Crippen molar-refractivity contribution in [1.82, 2.24) is 9.97 Å². The van der Waals surface area contributed by atoms with Crippen LogP contribution in [0.15, 0.2) is 65.3 Å². The Morgan fingerprint density at radius 3 is 2.52 bits per heavy atom. The normalized spacial score (nSPS) is 10.7. The molecule has 1 N–H and O–H groups in total. The first-order chi connectivity index (χ1) is 15.0. The molecule has 0 saturated heterocycles. The summed E-state index contributed by atoms with van der Waals surface area (Å²) in [5.74, 6) is 0.550. The number of carbonyl (C=O) groups is 1. The van der Waals surface area contributed by atoms with Crippen molar-refractivity contribution >= 4 is 50.0 Å². The van der Waals surface area contributed by atoms with Crippen molar-refractivity contribution in [2.24, 2.45) is 0 Å². The predicted octanol–water partition coefficient (Wildman–Crippen LogP) is 5.98. The first-order valence-electron chi connectivity index (χ1n) is 9.24. The molecule has 2 aromatic carbocycles. The molecule has 0 aliphatic rings. The van der Waals surface area contributed by atoms with Gasteiger partial charge in [-0.1, -0.05) is 33.6 Å². The van der Waals surface area contributed by atoms with Gasteiger partial charge in [0.15, 0.2) is 0 Å². The number of benzene rings is 2. The lowest BCUT2D eigenvalue weighted by Crippen LogP contribution is -2.14. The number of hydrogen-bond acceptors (Lipinski definition) is 5. The Morgan fingerprint density at radius 2 is 1.81 bits per heavy atom. The van der Waals surface area contributed by atoms with Crippen LogP contribution in [-0.4, -0.2) is 30.1 Å². The summed E-state index contributed by atoms with van der Waals surface area (Å²) < 4.78 is 11.5. The lowest BCUT2D eigenvalue weighted by molar-refractivity contribution is 0.102. The third kappa shape index (κ3) is 4.33. The molecule has 0 bridgehead atoms. The largest absolute Gasteiger partial charge is 0.495 e. The van der Waals surface area contributed by atoms with Crippen LogP contribution in [0.3, 0.4) is 0 Å². The molecule has 1 amide bonds. The van der Waals surface area contributed by atoms with Gasteiger partial charge in [-0.3, -0.25) is 9.78 Å². The van der Waals surface area contributed by atoms with Crippen LogP contribution in [-0.2, 0) is 0 Å². The number of rotatable bonds is 5. The number of nitrogens with zero attached hydrogens (tertiary/aromatic N) is 2. The third-order valence-electron chi connectivity index (χ3n) is 4.66. The molecule has 0 fully saturated rings. The van der Waals surface area contributed by atoms with E-state index in [9.17, 15) is 4.79 Å². The van der Waals surface area contributed by atoms with Gasteiger partial charge in [-0.25, -0.2) is 4.98 Å². The second-order valence-electron chi connectivity index (χ2n) is 6.57. The van der Waals surface area contributed by atoms with Crippen molar-refractivity contribution in [2.45, 2.75) is 0 Å². The highest BCUT2D eigenvalue weighted by Gasteiger charge is 2.18. The Bertz CT molecular complexity index is 1280. The van der Waals surface area contributed by atoms with Crippen LogP contribution in [0.25, 0.3) is 22.3 Å². The average molecular weight is 499 g/mol. The lowest BCUT2D eigenvalue weighted by atomic mass is 10.1. The topological polar surface area (TPSA) is 73.3 Å². The van der Waals surface area contributed by atoms with Gasteiger partial charge in [0.2, 0.25) is 0 Å². The molecule has 8 heteroatoms. The van der Waals surface area contributed by atoms with E-state index < -0.39 is 0 Å². The van der Waals surface area contributed by atoms with Crippen molar-refractivity contribution in [1.29, 1.82) is 0 Å². The monoisotopic (exact) mass is 497 g/mol. The Morgan fingerprint density at radius 1 is 1.00 bits per heavy atom. The molecule has 0 saturated carbocycles. The van der Waals surface area contributed by atoms with Crippen LogP contribution in [0.2, 0.25) is 5.02 Å². The summed E-state index contributed by atoms with van der Waals surface area (Å²) >= 11 is 9.72. The first-order valence-corrected chi connectivity index (χ1v) is 10.4. The average Bonchev–Trinajstić information content (AvgIpc) is 2.79. The van der Waals surface area contributed by atoms with Crippen LogP contribution >= 0.6 is 27.5 Å². The Hall–Kier alpha value is -3.16. The quantitative estimate of drug-likeness (QED) is 0.366. The van der Waals surface area contributed by atoms with E-state index in [4.69, 9.17) is 21.1 Å². The molecule has 4 rings (SSSR count). The summed E-state index contributed by atoms with van der Waals surface area (Å²) in [6, 6.07) is 16.1. The van der Waals surface area contributed by atoms with E-state index in [0.717, 1.165) is 4.47 Å². The molecule has 31 heavy (non-hydrogen) atoms. The second-order valence-corrected chi connectivity index (χ2v) is 7.90. The fourth-order valence-electron chi connectivity index (χ4n) is 3.18. The van der Waals surface area contributed by atoms with Gasteiger partial charge in [0, 0.05) is 22.1 Å². The molecule has 2 heterocycles. The predicted molar refractivity (Wildman–Crippen MR) is 125 cm³/mol. The molecule has 0 aliphatic heterocycles. The third-order valence-corrected chi connectivity index (χ3v) is 5.45. The number of aromatic nitrogens is 2. The zero-order chi connectivity index (χ0) is 22.0. The maximum absolute atomic E-state index is 13.4. The lowest BCUT2D eigenvalue weighted by Gasteiger charge is -2.14. The van der Waals surface area contributed by atoms with E-state index in [-0.39, 0.29) is 5.91 Å². The zero-order valence-electron chi connectivity index (χ0n) is 16.6. The Labute approximate surface area is 192 Å². The molecule has 156 valence electrons. The molecule has 0 spiro atoms. The summed E-state index contributed by atoms with van der Waals surface area (Å²) in [6.07, 6.45) is 1.69. The van der Waals surface area contributed by atoms with Crippen LogP contribution in [0.4, 0.5) is 5.69 Å². The minimum absolute atomic E-state index is 0.331. The number of hydrogen-bond donors (Lipinski definition) is 1. The van der Waals surface area contributed by atoms with E-state index in [1.165, 1.54) is 14.2 Å². The van der Waals surface area contributed by atoms with Gasteiger partial charge < -0.3 is 14.8 Å². The molecule has 0 radical (unpaired) electrons. The highest BCUT2D eigenvalue weighted by molar-refractivity contribution is 9.10. The van der Waals surface area contributed by atoms with E-state index in [0.29, 0.717) is 50.1 Å². The van der Waals surface area contributed by atoms with Crippen LogP contribution in [0, 0.1) is 0 Å². The number of fused-ring (bicyclic) bond motifs is 1. The molecule has 0 aliphatic carbocycles. The SMILES string of the molecule is COc1cc(OC)c(NC(=O)c2cc(-c3ccccn3)nc3ccc(Br)cc23)cc1Cl. The maximum atomic E-state index is 13.4. The van der Waals surface area contributed by atoms with Gasteiger partial charge in [-0.2, -0.15) is 0 Å². The van der Waals surface area contributed by atoms with Gasteiger partial charge in [0.1, 0.15) is 11.5 Å². The van der Waals surface area contributed by atoms with Gasteiger partial charge in [-0.15, -0.1) is 0 Å². The molecule has 2 aromatic heterocycles. The Kier molecular flexibility index (Phi) is 6.06. The molecule has 4 aromatic rings. The fraction of sp³-hybridized carbons (Fsp3) is 0.0870. The molecular formula is C23H17BrClN3O3. The summed E-state index contributed by atoms with van der Waals surface area (Å²) in [7, 11) is 3.02. The highest BCUT2D eigenvalue weighted by Crippen LogP contribution is 2.36. The van der Waals surface area contributed by atoms with E-state index in [2.05, 4.69) is 31.2 Å². The number of halogens is 2. The molecule has 0 unspecified atom stereocenters. The molecule has 6 nitrogen and oxygen atoms in total. The van der Waals surface area contributed by atoms with Gasteiger partial charge in [0.05, 0.1) is 47.4 Å². The zero-order valence-corrected chi connectivity index (χ0v) is 19.0.